The quantitative estimate of drug-likeness (QED) is 0.320. The zero-order chi connectivity index (χ0) is 18.9. The number of amides is 2. The summed E-state index contributed by atoms with van der Waals surface area (Å²) in [5.41, 5.74) is 0. The van der Waals surface area contributed by atoms with E-state index in [9.17, 15) is 9.59 Å². The summed E-state index contributed by atoms with van der Waals surface area (Å²) >= 11 is 0. The van der Waals surface area contributed by atoms with Gasteiger partial charge in [-0.2, -0.15) is 0 Å². The number of carbonyl (C=O) groups excluding carboxylic acids is 2. The molecule has 0 aromatic carbocycles. The van der Waals surface area contributed by atoms with Crippen LogP contribution in [-0.2, 0) is 18.5 Å². The molecule has 0 heterocycles. The highest BCUT2D eigenvalue weighted by Gasteiger charge is 2.04. The molecule has 0 rings (SSSR count). The van der Waals surface area contributed by atoms with E-state index in [0.29, 0.717) is 6.54 Å². The molecule has 25 heavy (non-hydrogen) atoms. The second-order valence-corrected chi connectivity index (χ2v) is 7.75. The zero-order valence-electron chi connectivity index (χ0n) is 16.1. The van der Waals surface area contributed by atoms with Crippen LogP contribution in [0.5, 0.6) is 0 Å². The Bertz CT molecular complexity index is 389. The molecular formula is C18H36N2O4S. The molecule has 0 bridgehead atoms. The minimum Gasteiger partial charge on any atom is -0.381 e. The first kappa shape index (κ1) is 24.1. The van der Waals surface area contributed by atoms with Crippen LogP contribution in [-0.4, -0.2) is 56.9 Å². The van der Waals surface area contributed by atoms with Crippen LogP contribution in [0.1, 0.15) is 52.4 Å². The lowest BCUT2D eigenvalue weighted by Gasteiger charge is -2.08. The number of rotatable bonds is 16. The SMILES string of the molecule is C=S(C)OCC(=O)NCCCCCOCCCCCNC(=O)C(C)C. The third kappa shape index (κ3) is 17.7. The Labute approximate surface area is 155 Å². The first-order chi connectivity index (χ1) is 11.9. The minimum absolute atomic E-state index is 0.0580. The molecule has 2 N–H and O–H groups in total. The Morgan fingerprint density at radius 1 is 0.960 bits per heavy atom. The monoisotopic (exact) mass is 376 g/mol. The third-order valence-corrected chi connectivity index (χ3v) is 3.99. The van der Waals surface area contributed by atoms with Crippen LogP contribution in [0.4, 0.5) is 0 Å². The maximum atomic E-state index is 11.4. The summed E-state index contributed by atoms with van der Waals surface area (Å²) in [6.07, 6.45) is 7.92. The Kier molecular flexibility index (Phi) is 15.9. The predicted octanol–water partition coefficient (Wildman–Crippen LogP) is 2.49. The Morgan fingerprint density at radius 3 is 2.04 bits per heavy atom. The van der Waals surface area contributed by atoms with Crippen LogP contribution >= 0.6 is 10.8 Å². The lowest BCUT2D eigenvalue weighted by molar-refractivity contribution is -0.124. The Balaban J connectivity index is 3.20. The summed E-state index contributed by atoms with van der Waals surface area (Å²) < 4.78 is 10.7. The van der Waals surface area contributed by atoms with Crippen molar-refractivity contribution in [3.63, 3.8) is 0 Å². The van der Waals surface area contributed by atoms with Crippen LogP contribution in [0.3, 0.4) is 0 Å². The van der Waals surface area contributed by atoms with E-state index in [-0.39, 0.29) is 24.3 Å². The number of unbranched alkanes of at least 4 members (excludes halogenated alkanes) is 4. The first-order valence-electron chi connectivity index (χ1n) is 9.14. The largest absolute Gasteiger partial charge is 0.381 e. The first-order valence-corrected chi connectivity index (χ1v) is 10.9. The molecule has 0 saturated heterocycles. The molecule has 6 nitrogen and oxygen atoms in total. The summed E-state index contributed by atoms with van der Waals surface area (Å²) in [5, 5.41) is 5.74. The van der Waals surface area contributed by atoms with Crippen molar-refractivity contribution in [2.75, 3.05) is 39.2 Å². The highest BCUT2D eigenvalue weighted by Crippen LogP contribution is 2.02. The van der Waals surface area contributed by atoms with Crippen LogP contribution in [0.15, 0.2) is 0 Å². The second kappa shape index (κ2) is 16.5. The number of hydrogen-bond donors (Lipinski definition) is 2. The van der Waals surface area contributed by atoms with Gasteiger partial charge < -0.3 is 19.6 Å². The highest BCUT2D eigenvalue weighted by atomic mass is 32.2. The van der Waals surface area contributed by atoms with Crippen LogP contribution < -0.4 is 10.6 Å². The zero-order valence-corrected chi connectivity index (χ0v) is 16.9. The van der Waals surface area contributed by atoms with Gasteiger partial charge in [-0.1, -0.05) is 30.5 Å². The number of carbonyl (C=O) groups is 2. The van der Waals surface area contributed by atoms with Crippen molar-refractivity contribution in [1.82, 2.24) is 10.6 Å². The van der Waals surface area contributed by atoms with E-state index in [0.717, 1.165) is 58.3 Å². The summed E-state index contributed by atoms with van der Waals surface area (Å²) in [5.74, 6) is 3.79. The van der Waals surface area contributed by atoms with Gasteiger partial charge in [0.1, 0.15) is 6.61 Å². The van der Waals surface area contributed by atoms with Gasteiger partial charge in [0.2, 0.25) is 11.8 Å². The molecule has 0 aliphatic rings. The van der Waals surface area contributed by atoms with Gasteiger partial charge in [-0.25, -0.2) is 0 Å². The van der Waals surface area contributed by atoms with E-state index >= 15 is 0 Å². The van der Waals surface area contributed by atoms with Crippen molar-refractivity contribution in [2.45, 2.75) is 52.4 Å². The molecule has 148 valence electrons. The van der Waals surface area contributed by atoms with Crippen molar-refractivity contribution < 1.29 is 18.5 Å². The third-order valence-electron chi connectivity index (χ3n) is 3.47. The van der Waals surface area contributed by atoms with Gasteiger partial charge in [-0.3, -0.25) is 9.59 Å². The molecule has 0 saturated carbocycles. The van der Waals surface area contributed by atoms with Gasteiger partial charge in [-0.15, -0.1) is 0 Å². The van der Waals surface area contributed by atoms with Gasteiger partial charge in [0, 0.05) is 38.5 Å². The fourth-order valence-electron chi connectivity index (χ4n) is 1.96. The molecule has 0 spiro atoms. The van der Waals surface area contributed by atoms with E-state index in [1.807, 2.05) is 20.1 Å². The smallest absolute Gasteiger partial charge is 0.247 e. The number of hydrogen-bond acceptors (Lipinski definition) is 4. The predicted molar refractivity (Wildman–Crippen MR) is 106 cm³/mol. The average molecular weight is 377 g/mol. The van der Waals surface area contributed by atoms with Crippen molar-refractivity contribution in [3.8, 4) is 0 Å². The molecular weight excluding hydrogens is 340 g/mol. The summed E-state index contributed by atoms with van der Waals surface area (Å²) in [6.45, 7) is 6.86. The lowest BCUT2D eigenvalue weighted by atomic mass is 10.2. The molecule has 0 aromatic heterocycles. The van der Waals surface area contributed by atoms with Gasteiger partial charge in [0.05, 0.1) is 0 Å². The fourth-order valence-corrected chi connectivity index (χ4v) is 2.27. The molecule has 0 aliphatic heterocycles. The maximum Gasteiger partial charge on any atom is 0.247 e. The normalized spacial score (nSPS) is 12.2. The lowest BCUT2D eigenvalue weighted by Crippen LogP contribution is -2.28. The number of ether oxygens (including phenoxy) is 1. The average Bonchev–Trinajstić information content (AvgIpc) is 2.56. The molecule has 0 fully saturated rings. The van der Waals surface area contributed by atoms with E-state index in [2.05, 4.69) is 16.5 Å². The van der Waals surface area contributed by atoms with Crippen LogP contribution in [0.2, 0.25) is 0 Å². The fraction of sp³-hybridized carbons (Fsp3) is 0.833. The molecule has 7 heteroatoms. The second-order valence-electron chi connectivity index (χ2n) is 6.36. The van der Waals surface area contributed by atoms with E-state index in [1.54, 1.807) is 0 Å². The topological polar surface area (TPSA) is 76.7 Å². The number of nitrogens with one attached hydrogen (secondary N) is 2. The molecule has 0 aliphatic carbocycles. The summed E-state index contributed by atoms with van der Waals surface area (Å²) in [7, 11) is -0.403. The maximum absolute atomic E-state index is 11.4. The summed E-state index contributed by atoms with van der Waals surface area (Å²) in [4.78, 5) is 22.7. The van der Waals surface area contributed by atoms with E-state index < -0.39 is 10.8 Å². The van der Waals surface area contributed by atoms with E-state index in [4.69, 9.17) is 8.92 Å². The molecule has 0 radical (unpaired) electrons. The highest BCUT2D eigenvalue weighted by molar-refractivity contribution is 8.09. The standard InChI is InChI=1S/C18H36N2O4S/c1-16(2)18(22)20-12-8-6-10-14-23-13-9-5-7-11-19-17(21)15-24-25(3)4/h16H,3,5-15H2,1-2,4H3,(H,19,21)(H,20,22). The van der Waals surface area contributed by atoms with Crippen LogP contribution in [0, 0.1) is 5.92 Å². The Morgan fingerprint density at radius 2 is 1.52 bits per heavy atom. The van der Waals surface area contributed by atoms with Crippen molar-refractivity contribution in [3.05, 3.63) is 0 Å². The molecule has 1 atom stereocenters. The van der Waals surface area contributed by atoms with E-state index in [1.165, 1.54) is 0 Å². The van der Waals surface area contributed by atoms with Crippen molar-refractivity contribution in [1.29, 1.82) is 0 Å². The van der Waals surface area contributed by atoms with Crippen molar-refractivity contribution >= 4 is 28.4 Å². The molecule has 1 unspecified atom stereocenters. The molecule has 2 amide bonds. The minimum atomic E-state index is -0.403. The van der Waals surface area contributed by atoms with Crippen molar-refractivity contribution in [2.24, 2.45) is 5.92 Å². The van der Waals surface area contributed by atoms with Crippen LogP contribution in [0.25, 0.3) is 0 Å². The summed E-state index contributed by atoms with van der Waals surface area (Å²) in [6, 6.07) is 0. The van der Waals surface area contributed by atoms with Gasteiger partial charge in [0.25, 0.3) is 0 Å². The van der Waals surface area contributed by atoms with Gasteiger partial charge in [-0.05, 0) is 38.5 Å². The Hall–Kier alpha value is -0.920. The van der Waals surface area contributed by atoms with Gasteiger partial charge >= 0.3 is 0 Å². The van der Waals surface area contributed by atoms with Gasteiger partial charge in [0.15, 0.2) is 0 Å². The molecule has 0 aromatic rings.